The number of rotatable bonds is 3. The summed E-state index contributed by atoms with van der Waals surface area (Å²) in [7, 11) is 0. The topological polar surface area (TPSA) is 61.2 Å². The van der Waals surface area contributed by atoms with Crippen LogP contribution in [0.2, 0.25) is 0 Å². The minimum Gasteiger partial charge on any atom is -0.461 e. The van der Waals surface area contributed by atoms with Gasteiger partial charge in [0.2, 0.25) is 5.91 Å². The maximum Gasteiger partial charge on any atom is 0.358 e. The van der Waals surface area contributed by atoms with E-state index in [2.05, 4.69) is 5.10 Å². The molecular weight excluding hydrogens is 244 g/mol. The van der Waals surface area contributed by atoms with E-state index in [1.807, 2.05) is 30.3 Å². The van der Waals surface area contributed by atoms with Crippen LogP contribution < -0.4 is 0 Å². The van der Waals surface area contributed by atoms with Crippen molar-refractivity contribution in [2.24, 2.45) is 0 Å². The first kappa shape index (κ1) is 13.0. The van der Waals surface area contributed by atoms with Gasteiger partial charge in [-0.2, -0.15) is 9.78 Å². The van der Waals surface area contributed by atoms with Crippen LogP contribution in [0.1, 0.15) is 29.1 Å². The second-order valence-corrected chi connectivity index (χ2v) is 3.93. The molecule has 0 amide bonds. The first-order chi connectivity index (χ1) is 9.13. The fourth-order valence-electron chi connectivity index (χ4n) is 1.74. The number of hydrogen-bond donors (Lipinski definition) is 0. The number of hydrogen-bond acceptors (Lipinski definition) is 4. The Bertz CT molecular complexity index is 602. The molecule has 0 fully saturated rings. The Labute approximate surface area is 110 Å². The molecule has 0 N–H and O–H groups in total. The summed E-state index contributed by atoms with van der Waals surface area (Å²) in [6, 6.07) is 10.9. The van der Waals surface area contributed by atoms with Crippen molar-refractivity contribution in [3.8, 4) is 11.3 Å². The van der Waals surface area contributed by atoms with E-state index in [0.29, 0.717) is 5.69 Å². The van der Waals surface area contributed by atoms with Crippen LogP contribution in [0.25, 0.3) is 11.3 Å². The zero-order chi connectivity index (χ0) is 13.8. The number of benzene rings is 1. The predicted molar refractivity (Wildman–Crippen MR) is 69.9 cm³/mol. The second kappa shape index (κ2) is 5.48. The van der Waals surface area contributed by atoms with E-state index >= 15 is 0 Å². The Morgan fingerprint density at radius 2 is 1.95 bits per heavy atom. The summed E-state index contributed by atoms with van der Waals surface area (Å²) in [4.78, 5) is 23.2. The molecule has 2 aromatic rings. The molecule has 1 aromatic carbocycles. The maximum atomic E-state index is 11.7. The number of nitrogens with zero attached hydrogens (tertiary/aromatic N) is 2. The highest BCUT2D eigenvalue weighted by molar-refractivity contribution is 5.91. The average molecular weight is 258 g/mol. The molecule has 0 radical (unpaired) electrons. The van der Waals surface area contributed by atoms with Gasteiger partial charge in [-0.25, -0.2) is 4.79 Å². The van der Waals surface area contributed by atoms with Crippen molar-refractivity contribution in [2.75, 3.05) is 6.61 Å². The molecule has 0 saturated carbocycles. The molecule has 5 heteroatoms. The zero-order valence-electron chi connectivity index (χ0n) is 10.8. The van der Waals surface area contributed by atoms with Gasteiger partial charge in [-0.3, -0.25) is 4.79 Å². The number of carbonyl (C=O) groups excluding carboxylic acids is 2. The molecule has 0 bridgehead atoms. The molecule has 1 heterocycles. The monoisotopic (exact) mass is 258 g/mol. The van der Waals surface area contributed by atoms with Crippen molar-refractivity contribution in [1.82, 2.24) is 9.78 Å². The van der Waals surface area contributed by atoms with Gasteiger partial charge in [0.25, 0.3) is 0 Å². The van der Waals surface area contributed by atoms with Crippen molar-refractivity contribution in [1.29, 1.82) is 0 Å². The van der Waals surface area contributed by atoms with Gasteiger partial charge in [0, 0.05) is 12.5 Å². The minimum absolute atomic E-state index is 0.135. The molecule has 19 heavy (non-hydrogen) atoms. The molecule has 0 spiro atoms. The summed E-state index contributed by atoms with van der Waals surface area (Å²) in [6.45, 7) is 3.39. The highest BCUT2D eigenvalue weighted by atomic mass is 16.5. The fraction of sp³-hybridized carbons (Fsp3) is 0.214. The molecule has 0 atom stereocenters. The lowest BCUT2D eigenvalue weighted by molar-refractivity contribution is 0.0519. The summed E-state index contributed by atoms with van der Waals surface area (Å²) in [5, 5.41) is 4.00. The zero-order valence-corrected chi connectivity index (χ0v) is 10.8. The van der Waals surface area contributed by atoms with E-state index in [4.69, 9.17) is 4.74 Å². The van der Waals surface area contributed by atoms with E-state index in [0.717, 1.165) is 5.56 Å². The summed E-state index contributed by atoms with van der Waals surface area (Å²) >= 11 is 0. The van der Waals surface area contributed by atoms with Crippen molar-refractivity contribution >= 4 is 11.9 Å². The van der Waals surface area contributed by atoms with Gasteiger partial charge in [0.15, 0.2) is 5.69 Å². The van der Waals surface area contributed by atoms with Crippen molar-refractivity contribution in [3.63, 3.8) is 0 Å². The SMILES string of the molecule is CCOC(=O)c1cc(-c2ccccc2)n(C(C)=O)n1. The minimum atomic E-state index is -0.528. The van der Waals surface area contributed by atoms with Gasteiger partial charge < -0.3 is 4.74 Å². The Morgan fingerprint density at radius 3 is 2.53 bits per heavy atom. The molecule has 0 aliphatic rings. The van der Waals surface area contributed by atoms with Crippen LogP contribution in [-0.2, 0) is 4.74 Å². The molecule has 2 rings (SSSR count). The Hall–Kier alpha value is -2.43. The Kier molecular flexibility index (Phi) is 3.75. The van der Waals surface area contributed by atoms with Crippen LogP contribution in [0.5, 0.6) is 0 Å². The van der Waals surface area contributed by atoms with Crippen molar-refractivity contribution < 1.29 is 14.3 Å². The van der Waals surface area contributed by atoms with Crippen molar-refractivity contribution in [3.05, 3.63) is 42.1 Å². The van der Waals surface area contributed by atoms with Gasteiger partial charge in [-0.1, -0.05) is 30.3 Å². The van der Waals surface area contributed by atoms with Gasteiger partial charge in [-0.05, 0) is 13.0 Å². The van der Waals surface area contributed by atoms with E-state index in [1.165, 1.54) is 11.6 Å². The third-order valence-electron chi connectivity index (χ3n) is 2.56. The fourth-order valence-corrected chi connectivity index (χ4v) is 1.74. The molecule has 1 aromatic heterocycles. The van der Waals surface area contributed by atoms with Crippen LogP contribution >= 0.6 is 0 Å². The molecule has 98 valence electrons. The normalized spacial score (nSPS) is 10.2. The molecule has 0 aliphatic heterocycles. The maximum absolute atomic E-state index is 11.7. The summed E-state index contributed by atoms with van der Waals surface area (Å²) in [5.41, 5.74) is 1.54. The summed E-state index contributed by atoms with van der Waals surface area (Å²) in [6.07, 6.45) is 0. The molecular formula is C14H14N2O3. The quantitative estimate of drug-likeness (QED) is 0.793. The van der Waals surface area contributed by atoms with Gasteiger partial charge in [0.05, 0.1) is 12.3 Å². The number of carbonyl (C=O) groups is 2. The number of aromatic nitrogens is 2. The first-order valence-electron chi connectivity index (χ1n) is 5.97. The Balaban J connectivity index is 2.48. The highest BCUT2D eigenvalue weighted by Crippen LogP contribution is 2.20. The molecule has 0 unspecified atom stereocenters. The third-order valence-corrected chi connectivity index (χ3v) is 2.56. The highest BCUT2D eigenvalue weighted by Gasteiger charge is 2.18. The van der Waals surface area contributed by atoms with E-state index in [9.17, 15) is 9.59 Å². The predicted octanol–water partition coefficient (Wildman–Crippen LogP) is 2.39. The average Bonchev–Trinajstić information content (AvgIpc) is 2.85. The van der Waals surface area contributed by atoms with Crippen LogP contribution in [-0.4, -0.2) is 28.3 Å². The van der Waals surface area contributed by atoms with Gasteiger partial charge in [0.1, 0.15) is 0 Å². The van der Waals surface area contributed by atoms with Gasteiger partial charge in [-0.15, -0.1) is 0 Å². The first-order valence-corrected chi connectivity index (χ1v) is 5.97. The summed E-state index contributed by atoms with van der Waals surface area (Å²) in [5.74, 6) is -0.783. The van der Waals surface area contributed by atoms with E-state index in [1.54, 1.807) is 13.0 Å². The summed E-state index contributed by atoms with van der Waals surface area (Å²) < 4.78 is 6.10. The molecule has 0 saturated heterocycles. The lowest BCUT2D eigenvalue weighted by Crippen LogP contribution is -2.11. The van der Waals surface area contributed by atoms with Crippen LogP contribution in [0.15, 0.2) is 36.4 Å². The largest absolute Gasteiger partial charge is 0.461 e. The second-order valence-electron chi connectivity index (χ2n) is 3.93. The number of ether oxygens (including phenoxy) is 1. The lowest BCUT2D eigenvalue weighted by Gasteiger charge is -2.02. The smallest absolute Gasteiger partial charge is 0.358 e. The van der Waals surface area contributed by atoms with E-state index in [-0.39, 0.29) is 18.2 Å². The molecule has 0 aliphatic carbocycles. The number of esters is 1. The van der Waals surface area contributed by atoms with Crippen LogP contribution in [0.3, 0.4) is 0 Å². The van der Waals surface area contributed by atoms with E-state index < -0.39 is 5.97 Å². The standard InChI is InChI=1S/C14H14N2O3/c1-3-19-14(18)12-9-13(16(15-12)10(2)17)11-7-5-4-6-8-11/h4-9H,3H2,1-2H3. The lowest BCUT2D eigenvalue weighted by atomic mass is 10.1. The third kappa shape index (κ3) is 2.70. The van der Waals surface area contributed by atoms with Crippen molar-refractivity contribution in [2.45, 2.75) is 13.8 Å². The van der Waals surface area contributed by atoms with Gasteiger partial charge >= 0.3 is 5.97 Å². The molecule has 5 nitrogen and oxygen atoms in total. The van der Waals surface area contributed by atoms with Crippen LogP contribution in [0, 0.1) is 0 Å². The Morgan fingerprint density at radius 1 is 1.26 bits per heavy atom. The van der Waals surface area contributed by atoms with Crippen LogP contribution in [0.4, 0.5) is 0 Å².